The van der Waals surface area contributed by atoms with Crippen LogP contribution in [0.1, 0.15) is 63.8 Å². The quantitative estimate of drug-likeness (QED) is 0.433. The molecule has 0 aliphatic carbocycles. The van der Waals surface area contributed by atoms with Crippen LogP contribution >= 0.6 is 0 Å². The average Bonchev–Trinajstić information content (AvgIpc) is 3.19. The van der Waals surface area contributed by atoms with Crippen LogP contribution in [0.25, 0.3) is 11.3 Å². The normalized spacial score (nSPS) is 11.4. The van der Waals surface area contributed by atoms with Crippen molar-refractivity contribution in [1.82, 2.24) is 9.55 Å². The van der Waals surface area contributed by atoms with Gasteiger partial charge in [0, 0.05) is 16.7 Å². The first-order valence-corrected chi connectivity index (χ1v) is 11.9. The van der Waals surface area contributed by atoms with E-state index in [2.05, 4.69) is 22.1 Å². The molecule has 0 bridgehead atoms. The second-order valence-corrected chi connectivity index (χ2v) is 10.5. The van der Waals surface area contributed by atoms with Crippen molar-refractivity contribution in [3.8, 4) is 23.1 Å². The van der Waals surface area contributed by atoms with Gasteiger partial charge in [-0.1, -0.05) is 36.1 Å². The summed E-state index contributed by atoms with van der Waals surface area (Å²) >= 11 is 0. The smallest absolute Gasteiger partial charge is 0.421 e. The molecule has 1 aromatic heterocycles. The van der Waals surface area contributed by atoms with Crippen molar-refractivity contribution in [3.63, 3.8) is 0 Å². The zero-order valence-corrected chi connectivity index (χ0v) is 22.3. The maximum atomic E-state index is 13.1. The van der Waals surface area contributed by atoms with Crippen LogP contribution in [0.15, 0.2) is 48.7 Å². The lowest BCUT2D eigenvalue weighted by Gasteiger charge is -2.22. The molecule has 1 amide bonds. The van der Waals surface area contributed by atoms with Crippen LogP contribution in [-0.4, -0.2) is 38.0 Å². The minimum atomic E-state index is -0.755. The summed E-state index contributed by atoms with van der Waals surface area (Å²) in [6, 6.07) is 13.0. The fraction of sp³-hybridized carbons (Fsp3) is 0.345. The number of hydrogen-bond acceptors (Lipinski definition) is 6. The third-order valence-corrected chi connectivity index (χ3v) is 4.95. The summed E-state index contributed by atoms with van der Waals surface area (Å²) in [5.41, 5.74) is 3.14. The summed E-state index contributed by atoms with van der Waals surface area (Å²) in [6.45, 7) is 12.5. The lowest BCUT2D eigenvalue weighted by Crippen LogP contribution is -2.31. The van der Waals surface area contributed by atoms with Crippen molar-refractivity contribution in [2.24, 2.45) is 0 Å². The maximum Gasteiger partial charge on any atom is 0.421 e. The van der Waals surface area contributed by atoms with Crippen molar-refractivity contribution < 1.29 is 24.2 Å². The number of ether oxygens (including phenoxy) is 2. The van der Waals surface area contributed by atoms with Crippen LogP contribution in [0.2, 0.25) is 0 Å². The van der Waals surface area contributed by atoms with E-state index in [0.29, 0.717) is 11.3 Å². The van der Waals surface area contributed by atoms with Gasteiger partial charge in [-0.05, 0) is 77.8 Å². The van der Waals surface area contributed by atoms with E-state index in [9.17, 15) is 14.7 Å². The molecule has 37 heavy (non-hydrogen) atoms. The monoisotopic (exact) mass is 503 g/mol. The molecule has 0 aliphatic heterocycles. The molecule has 1 heterocycles. The minimum absolute atomic E-state index is 0.00903. The number of nitrogens with zero attached hydrogens (tertiary/aromatic N) is 2. The number of imidazole rings is 1. The first-order chi connectivity index (χ1) is 17.3. The van der Waals surface area contributed by atoms with Crippen LogP contribution in [-0.2, 0) is 16.1 Å². The van der Waals surface area contributed by atoms with E-state index >= 15 is 0 Å². The molecule has 0 saturated heterocycles. The molecule has 0 fully saturated rings. The van der Waals surface area contributed by atoms with Gasteiger partial charge in [0.2, 0.25) is 5.95 Å². The number of aryl methyl sites for hydroxylation is 1. The Morgan fingerprint density at radius 2 is 1.62 bits per heavy atom. The molecule has 0 unspecified atom stereocenters. The van der Waals surface area contributed by atoms with Crippen molar-refractivity contribution in [1.29, 1.82) is 0 Å². The molecule has 3 rings (SSSR count). The summed E-state index contributed by atoms with van der Waals surface area (Å²) in [4.78, 5) is 29.7. The summed E-state index contributed by atoms with van der Waals surface area (Å²) in [5.74, 6) is 6.28. The zero-order valence-electron chi connectivity index (χ0n) is 22.3. The maximum absolute atomic E-state index is 13.1. The Morgan fingerprint density at radius 1 is 0.973 bits per heavy atom. The molecule has 2 N–H and O–H groups in total. The van der Waals surface area contributed by atoms with Gasteiger partial charge in [0.1, 0.15) is 11.2 Å². The largest absolute Gasteiger partial charge is 0.444 e. The van der Waals surface area contributed by atoms with Gasteiger partial charge in [0.15, 0.2) is 0 Å². The predicted molar refractivity (Wildman–Crippen MR) is 142 cm³/mol. The molecule has 3 aromatic rings. The van der Waals surface area contributed by atoms with E-state index in [4.69, 9.17) is 9.47 Å². The fourth-order valence-electron chi connectivity index (χ4n) is 3.36. The van der Waals surface area contributed by atoms with E-state index in [0.717, 1.165) is 22.3 Å². The molecule has 0 radical (unpaired) electrons. The van der Waals surface area contributed by atoms with Crippen LogP contribution in [0, 0.1) is 18.8 Å². The summed E-state index contributed by atoms with van der Waals surface area (Å²) in [6.07, 6.45) is 0.0720. The fourth-order valence-corrected chi connectivity index (χ4v) is 3.36. The number of amides is 1. The van der Waals surface area contributed by atoms with E-state index in [-0.39, 0.29) is 12.6 Å². The van der Waals surface area contributed by atoms with Crippen molar-refractivity contribution in [2.45, 2.75) is 66.3 Å². The molecule has 8 heteroatoms. The van der Waals surface area contributed by atoms with Gasteiger partial charge < -0.3 is 14.6 Å². The van der Waals surface area contributed by atoms with E-state index in [1.54, 1.807) is 41.5 Å². The van der Waals surface area contributed by atoms with Crippen LogP contribution in [0.5, 0.6) is 0 Å². The number of anilines is 1. The third-order valence-electron chi connectivity index (χ3n) is 4.95. The molecule has 0 saturated carbocycles. The lowest BCUT2D eigenvalue weighted by molar-refractivity contribution is 0.0542. The molecule has 0 spiro atoms. The van der Waals surface area contributed by atoms with Gasteiger partial charge >= 0.3 is 12.2 Å². The molecular weight excluding hydrogens is 470 g/mol. The highest BCUT2D eigenvalue weighted by molar-refractivity contribution is 5.89. The second kappa shape index (κ2) is 10.9. The number of nitrogens with one attached hydrogen (secondary N) is 1. The minimum Gasteiger partial charge on any atom is -0.444 e. The summed E-state index contributed by atoms with van der Waals surface area (Å²) in [7, 11) is 0. The SMILES string of the molecule is Cc1cc(CO)ccc1C#Cc1ccc(-c2cnc(NC(=O)OC(C)(C)C)n2C(=O)OC(C)(C)C)cc1. The number of carbonyl (C=O) groups excluding carboxylic acids is 2. The molecule has 8 nitrogen and oxygen atoms in total. The number of rotatable bonds is 3. The van der Waals surface area contributed by atoms with Crippen molar-refractivity contribution in [3.05, 3.63) is 70.9 Å². The molecular formula is C29H33N3O5. The Kier molecular flexibility index (Phi) is 8.09. The molecule has 194 valence electrons. The Labute approximate surface area is 217 Å². The molecule has 2 aromatic carbocycles. The third kappa shape index (κ3) is 7.69. The lowest BCUT2D eigenvalue weighted by atomic mass is 10.0. The van der Waals surface area contributed by atoms with Gasteiger partial charge in [-0.25, -0.2) is 19.1 Å². The number of benzene rings is 2. The molecule has 0 aliphatic rings. The first kappa shape index (κ1) is 27.5. The second-order valence-electron chi connectivity index (χ2n) is 10.5. The topological polar surface area (TPSA) is 103 Å². The number of aliphatic hydroxyl groups is 1. The Hall–Kier alpha value is -4.09. The highest BCUT2D eigenvalue weighted by Crippen LogP contribution is 2.26. The van der Waals surface area contributed by atoms with Gasteiger partial charge in [-0.2, -0.15) is 0 Å². The van der Waals surface area contributed by atoms with Gasteiger partial charge in [0.05, 0.1) is 18.5 Å². The Balaban J connectivity index is 1.92. The summed E-state index contributed by atoms with van der Waals surface area (Å²) < 4.78 is 12.1. The van der Waals surface area contributed by atoms with Gasteiger partial charge in [-0.15, -0.1) is 0 Å². The van der Waals surface area contributed by atoms with Gasteiger partial charge in [-0.3, -0.25) is 5.32 Å². The predicted octanol–water partition coefficient (Wildman–Crippen LogP) is 5.88. The van der Waals surface area contributed by atoms with Crippen molar-refractivity contribution in [2.75, 3.05) is 5.32 Å². The number of carbonyl (C=O) groups is 2. The zero-order chi connectivity index (χ0) is 27.4. The number of hydrogen-bond donors (Lipinski definition) is 2. The highest BCUT2D eigenvalue weighted by Gasteiger charge is 2.26. The molecule has 0 atom stereocenters. The van der Waals surface area contributed by atoms with E-state index in [1.165, 1.54) is 10.8 Å². The average molecular weight is 504 g/mol. The van der Waals surface area contributed by atoms with E-state index in [1.807, 2.05) is 49.4 Å². The van der Waals surface area contributed by atoms with Crippen molar-refractivity contribution >= 4 is 18.1 Å². The number of aromatic nitrogens is 2. The Morgan fingerprint density at radius 3 is 2.19 bits per heavy atom. The van der Waals surface area contributed by atoms with Crippen LogP contribution < -0.4 is 5.32 Å². The van der Waals surface area contributed by atoms with E-state index < -0.39 is 23.4 Å². The Bertz CT molecular complexity index is 1350. The van der Waals surface area contributed by atoms with Gasteiger partial charge in [0.25, 0.3) is 0 Å². The number of aliphatic hydroxyl groups excluding tert-OH is 1. The first-order valence-electron chi connectivity index (χ1n) is 11.9. The highest BCUT2D eigenvalue weighted by atomic mass is 16.6. The van der Waals surface area contributed by atoms with Crippen LogP contribution in [0.4, 0.5) is 15.5 Å². The standard InChI is InChI=1S/C29H33N3O5/c1-19-16-21(18-33)11-13-22(19)12-8-20-9-14-23(15-10-20)24-17-30-25(31-26(34)36-28(2,3)4)32(24)27(35)37-29(5,6)7/h9-11,13-17,33H,18H2,1-7H3,(H,30,31,34). The van der Waals surface area contributed by atoms with Crippen LogP contribution in [0.3, 0.4) is 0 Å². The summed E-state index contributed by atoms with van der Waals surface area (Å²) in [5, 5.41) is 11.8.